The van der Waals surface area contributed by atoms with Gasteiger partial charge in [0.25, 0.3) is 0 Å². The topological polar surface area (TPSA) is 24.9 Å². The second kappa shape index (κ2) is 3.87. The van der Waals surface area contributed by atoms with Crippen LogP contribution in [0.2, 0.25) is 10.0 Å². The molecule has 0 unspecified atom stereocenters. The monoisotopic (exact) mass is 240 g/mol. The zero-order valence-electron chi connectivity index (χ0n) is 8.44. The minimum absolute atomic E-state index is 0.578. The van der Waals surface area contributed by atoms with Crippen LogP contribution in [0.25, 0.3) is 10.9 Å². The molecule has 0 bridgehead atoms. The highest BCUT2D eigenvalue weighted by molar-refractivity contribution is 6.38. The summed E-state index contributed by atoms with van der Waals surface area (Å²) in [6, 6.07) is 5.58. The first-order chi connectivity index (χ1) is 7.11. The Kier molecular flexibility index (Phi) is 2.72. The molecule has 0 aliphatic rings. The van der Waals surface area contributed by atoms with Gasteiger partial charge in [-0.05, 0) is 30.7 Å². The molecule has 0 saturated carbocycles. The molecule has 0 amide bonds. The van der Waals surface area contributed by atoms with Gasteiger partial charge in [-0.3, -0.25) is 0 Å². The first kappa shape index (κ1) is 10.5. The quantitative estimate of drug-likeness (QED) is 0.819. The van der Waals surface area contributed by atoms with Gasteiger partial charge in [0.2, 0.25) is 0 Å². The molecule has 4 heteroatoms. The number of rotatable bonds is 1. The van der Waals surface area contributed by atoms with Gasteiger partial charge in [0.15, 0.2) is 0 Å². The predicted molar refractivity (Wildman–Crippen MR) is 66.0 cm³/mol. The molecule has 0 saturated heterocycles. The first-order valence-electron chi connectivity index (χ1n) is 4.56. The number of nitrogens with zero attached hydrogens (tertiary/aromatic N) is 1. The Balaban J connectivity index is 2.81. The molecule has 2 nitrogen and oxygen atoms in total. The maximum atomic E-state index is 6.07. The van der Waals surface area contributed by atoms with Crippen LogP contribution in [0.1, 0.15) is 5.56 Å². The summed E-state index contributed by atoms with van der Waals surface area (Å²) in [7, 11) is 1.84. The van der Waals surface area contributed by atoms with Crippen LogP contribution in [0, 0.1) is 6.92 Å². The van der Waals surface area contributed by atoms with Crippen LogP contribution in [0.15, 0.2) is 18.2 Å². The SMILES string of the molecule is CNc1nc2c(Cl)cc(Cl)cc2cc1C. The average molecular weight is 241 g/mol. The Morgan fingerprint density at radius 2 is 1.93 bits per heavy atom. The number of benzene rings is 1. The van der Waals surface area contributed by atoms with Gasteiger partial charge in [0.1, 0.15) is 5.82 Å². The largest absolute Gasteiger partial charge is 0.373 e. The van der Waals surface area contributed by atoms with Crippen LogP contribution < -0.4 is 5.32 Å². The molecule has 2 aromatic rings. The number of aryl methyl sites for hydroxylation is 1. The van der Waals surface area contributed by atoms with Crippen LogP contribution in [-0.4, -0.2) is 12.0 Å². The summed E-state index contributed by atoms with van der Waals surface area (Å²) in [5, 5.41) is 5.20. The Hall–Kier alpha value is -0.990. The molecule has 0 radical (unpaired) electrons. The molecule has 0 aliphatic carbocycles. The molecule has 2 rings (SSSR count). The van der Waals surface area contributed by atoms with Crippen molar-refractivity contribution in [3.63, 3.8) is 0 Å². The number of hydrogen-bond donors (Lipinski definition) is 1. The Labute approximate surface area is 98.2 Å². The lowest BCUT2D eigenvalue weighted by Crippen LogP contribution is -1.96. The van der Waals surface area contributed by atoms with Crippen molar-refractivity contribution in [2.45, 2.75) is 6.92 Å². The van der Waals surface area contributed by atoms with Crippen molar-refractivity contribution in [2.75, 3.05) is 12.4 Å². The molecule has 0 atom stereocenters. The Morgan fingerprint density at radius 1 is 1.20 bits per heavy atom. The zero-order chi connectivity index (χ0) is 11.0. The lowest BCUT2D eigenvalue weighted by molar-refractivity contribution is 1.29. The predicted octanol–water partition coefficient (Wildman–Crippen LogP) is 3.89. The lowest BCUT2D eigenvalue weighted by atomic mass is 10.1. The minimum atomic E-state index is 0.578. The smallest absolute Gasteiger partial charge is 0.129 e. The summed E-state index contributed by atoms with van der Waals surface area (Å²) in [4.78, 5) is 4.43. The van der Waals surface area contributed by atoms with E-state index in [-0.39, 0.29) is 0 Å². The van der Waals surface area contributed by atoms with Gasteiger partial charge in [0, 0.05) is 17.5 Å². The molecule has 0 aliphatic heterocycles. The maximum Gasteiger partial charge on any atom is 0.129 e. The van der Waals surface area contributed by atoms with Crippen molar-refractivity contribution in [2.24, 2.45) is 0 Å². The van der Waals surface area contributed by atoms with E-state index in [1.165, 1.54) is 0 Å². The third-order valence-corrected chi connectivity index (χ3v) is 2.77. The van der Waals surface area contributed by atoms with Gasteiger partial charge in [-0.25, -0.2) is 4.98 Å². The minimum Gasteiger partial charge on any atom is -0.373 e. The molecule has 0 fully saturated rings. The van der Waals surface area contributed by atoms with Crippen molar-refractivity contribution in [3.8, 4) is 0 Å². The van der Waals surface area contributed by atoms with Gasteiger partial charge >= 0.3 is 0 Å². The number of hydrogen-bond acceptors (Lipinski definition) is 2. The number of nitrogens with one attached hydrogen (secondary N) is 1. The maximum absolute atomic E-state index is 6.07. The second-order valence-electron chi connectivity index (χ2n) is 3.36. The summed E-state index contributed by atoms with van der Waals surface area (Å²) in [5.74, 6) is 0.840. The number of anilines is 1. The molecule has 1 aromatic heterocycles. The number of pyridine rings is 1. The third-order valence-electron chi connectivity index (χ3n) is 2.26. The van der Waals surface area contributed by atoms with Crippen LogP contribution in [0.4, 0.5) is 5.82 Å². The van der Waals surface area contributed by atoms with Gasteiger partial charge in [-0.15, -0.1) is 0 Å². The molecule has 1 N–H and O–H groups in total. The molecule has 1 aromatic carbocycles. The van der Waals surface area contributed by atoms with E-state index in [0.29, 0.717) is 10.0 Å². The molecule has 15 heavy (non-hydrogen) atoms. The van der Waals surface area contributed by atoms with Gasteiger partial charge in [-0.2, -0.15) is 0 Å². The van der Waals surface area contributed by atoms with Gasteiger partial charge in [0.05, 0.1) is 10.5 Å². The third kappa shape index (κ3) is 1.87. The summed E-state index contributed by atoms with van der Waals surface area (Å²) in [5.41, 5.74) is 1.85. The molecular formula is C11H10Cl2N2. The van der Waals surface area contributed by atoms with E-state index in [9.17, 15) is 0 Å². The highest BCUT2D eigenvalue weighted by Gasteiger charge is 2.06. The van der Waals surface area contributed by atoms with E-state index in [1.807, 2.05) is 26.1 Å². The second-order valence-corrected chi connectivity index (χ2v) is 4.21. The number of fused-ring (bicyclic) bond motifs is 1. The molecule has 1 heterocycles. The van der Waals surface area contributed by atoms with E-state index in [4.69, 9.17) is 23.2 Å². The highest BCUT2D eigenvalue weighted by atomic mass is 35.5. The fourth-order valence-corrected chi connectivity index (χ4v) is 2.12. The highest BCUT2D eigenvalue weighted by Crippen LogP contribution is 2.29. The fourth-order valence-electron chi connectivity index (χ4n) is 1.57. The average Bonchev–Trinajstić information content (AvgIpc) is 2.16. The summed E-state index contributed by atoms with van der Waals surface area (Å²) < 4.78 is 0. The molecular weight excluding hydrogens is 231 g/mol. The van der Waals surface area contributed by atoms with Crippen molar-refractivity contribution in [1.29, 1.82) is 0 Å². The van der Waals surface area contributed by atoms with E-state index >= 15 is 0 Å². The van der Waals surface area contributed by atoms with Crippen molar-refractivity contribution < 1.29 is 0 Å². The number of aromatic nitrogens is 1. The Morgan fingerprint density at radius 3 is 2.60 bits per heavy atom. The van der Waals surface area contributed by atoms with Gasteiger partial charge < -0.3 is 5.32 Å². The van der Waals surface area contributed by atoms with Crippen LogP contribution in [-0.2, 0) is 0 Å². The summed E-state index contributed by atoms with van der Waals surface area (Å²) >= 11 is 12.0. The number of halogens is 2. The van der Waals surface area contributed by atoms with E-state index < -0.39 is 0 Å². The zero-order valence-corrected chi connectivity index (χ0v) is 9.95. The molecule has 0 spiro atoms. The lowest BCUT2D eigenvalue weighted by Gasteiger charge is -2.07. The first-order valence-corrected chi connectivity index (χ1v) is 5.31. The Bertz CT molecular complexity index is 523. The van der Waals surface area contributed by atoms with Crippen LogP contribution in [0.3, 0.4) is 0 Å². The van der Waals surface area contributed by atoms with Crippen molar-refractivity contribution in [3.05, 3.63) is 33.8 Å². The van der Waals surface area contributed by atoms with Crippen molar-refractivity contribution in [1.82, 2.24) is 4.98 Å². The summed E-state index contributed by atoms with van der Waals surface area (Å²) in [6.45, 7) is 1.99. The summed E-state index contributed by atoms with van der Waals surface area (Å²) in [6.07, 6.45) is 0. The van der Waals surface area contributed by atoms with E-state index in [0.717, 1.165) is 22.3 Å². The van der Waals surface area contributed by atoms with E-state index in [1.54, 1.807) is 6.07 Å². The normalized spacial score (nSPS) is 10.7. The van der Waals surface area contributed by atoms with Crippen molar-refractivity contribution >= 4 is 39.9 Å². The molecule has 78 valence electrons. The fraction of sp³-hybridized carbons (Fsp3) is 0.182. The van der Waals surface area contributed by atoms with Gasteiger partial charge in [-0.1, -0.05) is 23.2 Å². The van der Waals surface area contributed by atoms with Crippen LogP contribution >= 0.6 is 23.2 Å². The van der Waals surface area contributed by atoms with Crippen LogP contribution in [0.5, 0.6) is 0 Å². The standard InChI is InChI=1S/C11H10Cl2N2/c1-6-3-7-4-8(12)5-9(13)10(7)15-11(6)14-2/h3-5H,1-2H3,(H,14,15). The van der Waals surface area contributed by atoms with E-state index in [2.05, 4.69) is 10.3 Å².